The quantitative estimate of drug-likeness (QED) is 0.885. The van der Waals surface area contributed by atoms with Crippen LogP contribution < -0.4 is 5.32 Å². The maximum Gasteiger partial charge on any atom is 0.196 e. The summed E-state index contributed by atoms with van der Waals surface area (Å²) in [4.78, 5) is 4.31. The lowest BCUT2D eigenvalue weighted by Gasteiger charge is -2.05. The van der Waals surface area contributed by atoms with Gasteiger partial charge < -0.3 is 9.73 Å². The van der Waals surface area contributed by atoms with E-state index in [1.807, 2.05) is 6.20 Å². The van der Waals surface area contributed by atoms with Crippen LogP contribution in [0.2, 0.25) is 0 Å². The van der Waals surface area contributed by atoms with Crippen LogP contribution in [-0.2, 0) is 6.42 Å². The topological polar surface area (TPSA) is 38.1 Å². The summed E-state index contributed by atoms with van der Waals surface area (Å²) < 4.78 is 5.75. The van der Waals surface area contributed by atoms with Crippen LogP contribution in [0, 0.1) is 6.92 Å². The number of oxazole rings is 1. The molecule has 0 aromatic carbocycles. The average molecular weight is 250 g/mol. The zero-order valence-corrected chi connectivity index (χ0v) is 11.3. The number of aryl methyl sites for hydroxylation is 1. The van der Waals surface area contributed by atoms with Gasteiger partial charge in [-0.15, -0.1) is 0 Å². The summed E-state index contributed by atoms with van der Waals surface area (Å²) in [5, 5.41) is 7.58. The largest absolute Gasteiger partial charge is 0.441 e. The highest BCUT2D eigenvalue weighted by Gasteiger charge is 2.09. The zero-order valence-electron chi connectivity index (χ0n) is 10.5. The van der Waals surface area contributed by atoms with Crippen molar-refractivity contribution in [2.24, 2.45) is 0 Å². The third-order valence-electron chi connectivity index (χ3n) is 2.57. The normalized spacial score (nSPS) is 11.3. The molecule has 2 aromatic rings. The molecule has 0 atom stereocenters. The zero-order chi connectivity index (χ0) is 12.3. The van der Waals surface area contributed by atoms with Crippen molar-refractivity contribution in [1.82, 2.24) is 10.3 Å². The number of nitrogens with zero attached hydrogens (tertiary/aromatic N) is 1. The molecular formula is C13H18N2OS. The second kappa shape index (κ2) is 5.47. The predicted octanol–water partition coefficient (Wildman–Crippen LogP) is 3.25. The molecule has 2 rings (SSSR count). The molecule has 92 valence electrons. The maximum atomic E-state index is 5.75. The highest BCUT2D eigenvalue weighted by molar-refractivity contribution is 7.08. The van der Waals surface area contributed by atoms with E-state index in [2.05, 4.69) is 41.8 Å². The highest BCUT2D eigenvalue weighted by atomic mass is 32.1. The number of nitrogens with one attached hydrogen (secondary N) is 1. The summed E-state index contributed by atoms with van der Waals surface area (Å²) in [7, 11) is 0. The molecule has 4 heteroatoms. The van der Waals surface area contributed by atoms with Crippen LogP contribution in [0.4, 0.5) is 0 Å². The van der Waals surface area contributed by atoms with Crippen LogP contribution in [0.15, 0.2) is 21.4 Å². The van der Waals surface area contributed by atoms with Gasteiger partial charge in [0, 0.05) is 30.0 Å². The van der Waals surface area contributed by atoms with E-state index >= 15 is 0 Å². The van der Waals surface area contributed by atoms with Crippen molar-refractivity contribution in [2.45, 2.75) is 33.2 Å². The van der Waals surface area contributed by atoms with Gasteiger partial charge in [0.05, 0.1) is 6.20 Å². The van der Waals surface area contributed by atoms with Crippen molar-refractivity contribution < 1.29 is 4.42 Å². The first-order chi connectivity index (χ1) is 8.16. The van der Waals surface area contributed by atoms with Crippen LogP contribution in [0.1, 0.15) is 25.3 Å². The molecule has 2 aromatic heterocycles. The molecule has 0 unspecified atom stereocenters. The fourth-order valence-electron chi connectivity index (χ4n) is 1.63. The molecule has 0 bridgehead atoms. The lowest BCUT2D eigenvalue weighted by atomic mass is 10.2. The van der Waals surface area contributed by atoms with E-state index in [-0.39, 0.29) is 0 Å². The summed E-state index contributed by atoms with van der Waals surface area (Å²) in [5.41, 5.74) is 2.41. The van der Waals surface area contributed by atoms with E-state index in [1.165, 1.54) is 5.56 Å². The monoisotopic (exact) mass is 250 g/mol. The molecule has 0 amide bonds. The summed E-state index contributed by atoms with van der Waals surface area (Å²) in [6, 6.07) is 0.503. The Balaban J connectivity index is 1.99. The van der Waals surface area contributed by atoms with E-state index in [4.69, 9.17) is 4.42 Å². The molecule has 3 nitrogen and oxygen atoms in total. The Morgan fingerprint density at radius 2 is 2.24 bits per heavy atom. The van der Waals surface area contributed by atoms with Crippen molar-refractivity contribution in [3.8, 4) is 11.3 Å². The van der Waals surface area contributed by atoms with Gasteiger partial charge in [-0.25, -0.2) is 4.98 Å². The van der Waals surface area contributed by atoms with Gasteiger partial charge in [0.1, 0.15) is 0 Å². The smallest absolute Gasteiger partial charge is 0.196 e. The van der Waals surface area contributed by atoms with Crippen LogP contribution in [-0.4, -0.2) is 17.6 Å². The molecular weight excluding hydrogens is 232 g/mol. The fraction of sp³-hybridized carbons (Fsp3) is 0.462. The second-order valence-electron chi connectivity index (χ2n) is 4.45. The molecule has 0 saturated heterocycles. The van der Waals surface area contributed by atoms with Crippen molar-refractivity contribution in [2.75, 3.05) is 6.54 Å². The first-order valence-electron chi connectivity index (χ1n) is 5.88. The van der Waals surface area contributed by atoms with Crippen molar-refractivity contribution in [3.05, 3.63) is 28.4 Å². The van der Waals surface area contributed by atoms with Crippen LogP contribution in [0.3, 0.4) is 0 Å². The van der Waals surface area contributed by atoms with E-state index in [9.17, 15) is 0 Å². The molecule has 1 N–H and O–H groups in total. The standard InChI is InChI=1S/C13H18N2OS/c1-9(2)14-5-4-13-15-6-12(16-13)11-8-17-7-10(11)3/h6-9,14H,4-5H2,1-3H3. The Hall–Kier alpha value is -1.13. The summed E-state index contributed by atoms with van der Waals surface area (Å²) in [6.07, 6.45) is 2.65. The van der Waals surface area contributed by atoms with Crippen LogP contribution in [0.25, 0.3) is 11.3 Å². The van der Waals surface area contributed by atoms with Crippen molar-refractivity contribution in [3.63, 3.8) is 0 Å². The molecule has 0 aliphatic heterocycles. The van der Waals surface area contributed by atoms with Gasteiger partial charge in [-0.05, 0) is 17.9 Å². The summed E-state index contributed by atoms with van der Waals surface area (Å²) >= 11 is 1.69. The van der Waals surface area contributed by atoms with E-state index < -0.39 is 0 Å². The molecule has 0 spiro atoms. The molecule has 0 saturated carbocycles. The average Bonchev–Trinajstić information content (AvgIpc) is 2.86. The van der Waals surface area contributed by atoms with Crippen LogP contribution in [0.5, 0.6) is 0 Å². The second-order valence-corrected chi connectivity index (χ2v) is 5.19. The first-order valence-corrected chi connectivity index (χ1v) is 6.82. The van der Waals surface area contributed by atoms with Crippen molar-refractivity contribution in [1.29, 1.82) is 0 Å². The van der Waals surface area contributed by atoms with Gasteiger partial charge in [-0.3, -0.25) is 0 Å². The Bertz CT molecular complexity index is 473. The molecule has 0 aliphatic carbocycles. The number of rotatable bonds is 5. The van der Waals surface area contributed by atoms with E-state index in [0.717, 1.165) is 30.2 Å². The third kappa shape index (κ3) is 3.17. The number of thiophene rings is 1. The van der Waals surface area contributed by atoms with Gasteiger partial charge >= 0.3 is 0 Å². The molecule has 2 heterocycles. The lowest BCUT2D eigenvalue weighted by Crippen LogP contribution is -2.24. The van der Waals surface area contributed by atoms with E-state index in [0.29, 0.717) is 6.04 Å². The molecule has 17 heavy (non-hydrogen) atoms. The predicted molar refractivity (Wildman–Crippen MR) is 71.4 cm³/mol. The maximum absolute atomic E-state index is 5.75. The first kappa shape index (κ1) is 12.3. The van der Waals surface area contributed by atoms with Gasteiger partial charge in [-0.1, -0.05) is 13.8 Å². The van der Waals surface area contributed by atoms with Crippen LogP contribution >= 0.6 is 11.3 Å². The van der Waals surface area contributed by atoms with Gasteiger partial charge in [0.2, 0.25) is 0 Å². The summed E-state index contributed by atoms with van der Waals surface area (Å²) in [6.45, 7) is 7.26. The van der Waals surface area contributed by atoms with Crippen molar-refractivity contribution >= 4 is 11.3 Å². The minimum atomic E-state index is 0.503. The third-order valence-corrected chi connectivity index (χ3v) is 3.43. The Morgan fingerprint density at radius 1 is 1.41 bits per heavy atom. The summed E-state index contributed by atoms with van der Waals surface area (Å²) in [5.74, 6) is 1.68. The number of hydrogen-bond acceptors (Lipinski definition) is 4. The number of aromatic nitrogens is 1. The Labute approximate surface area is 106 Å². The number of hydrogen-bond donors (Lipinski definition) is 1. The van der Waals surface area contributed by atoms with E-state index in [1.54, 1.807) is 11.3 Å². The van der Waals surface area contributed by atoms with Gasteiger partial charge in [-0.2, -0.15) is 11.3 Å². The van der Waals surface area contributed by atoms with Gasteiger partial charge in [0.15, 0.2) is 11.7 Å². The highest BCUT2D eigenvalue weighted by Crippen LogP contribution is 2.27. The van der Waals surface area contributed by atoms with Gasteiger partial charge in [0.25, 0.3) is 0 Å². The molecule has 0 radical (unpaired) electrons. The SMILES string of the molecule is Cc1cscc1-c1cnc(CCNC(C)C)o1. The minimum Gasteiger partial charge on any atom is -0.441 e. The fourth-order valence-corrected chi connectivity index (χ4v) is 2.47. The lowest BCUT2D eigenvalue weighted by molar-refractivity contribution is 0.484. The molecule has 0 aliphatic rings. The minimum absolute atomic E-state index is 0.503. The Kier molecular flexibility index (Phi) is 3.97. The molecule has 0 fully saturated rings. The Morgan fingerprint density at radius 3 is 2.88 bits per heavy atom.